The van der Waals surface area contributed by atoms with Crippen molar-refractivity contribution in [2.24, 2.45) is 0 Å². The smallest absolute Gasteiger partial charge is 0.252 e. The van der Waals surface area contributed by atoms with Crippen LogP contribution in [0.15, 0.2) is 83.3 Å². The molecule has 1 amide bonds. The van der Waals surface area contributed by atoms with Gasteiger partial charge >= 0.3 is 0 Å². The van der Waals surface area contributed by atoms with Crippen LogP contribution in [-0.2, 0) is 0 Å². The standard InChI is InChI=1S/C23H18FN3O2/c1-15-8-7-11-17(14-15)21(28)25-20(18-12-5-6-13-19(18)24)23-27-26-22(29-23)16-9-3-2-4-10-16/h2-14,20H,1H3,(H,25,28)/t20-/m0/s1. The first-order valence-corrected chi connectivity index (χ1v) is 9.12. The highest BCUT2D eigenvalue weighted by molar-refractivity contribution is 5.94. The van der Waals surface area contributed by atoms with Crippen LogP contribution < -0.4 is 5.32 Å². The van der Waals surface area contributed by atoms with Gasteiger partial charge in [0.1, 0.15) is 11.9 Å². The molecule has 0 bridgehead atoms. The predicted octanol–water partition coefficient (Wildman–Crippen LogP) is 4.70. The molecule has 6 heteroatoms. The molecule has 1 aromatic heterocycles. The van der Waals surface area contributed by atoms with E-state index >= 15 is 0 Å². The summed E-state index contributed by atoms with van der Waals surface area (Å²) in [6, 6.07) is 21.7. The summed E-state index contributed by atoms with van der Waals surface area (Å²) in [6.45, 7) is 1.90. The molecule has 0 aliphatic carbocycles. The fraction of sp³-hybridized carbons (Fsp3) is 0.0870. The van der Waals surface area contributed by atoms with E-state index in [4.69, 9.17) is 4.42 Å². The number of halogens is 1. The Kier molecular flexibility index (Phi) is 5.16. The Hall–Kier alpha value is -3.80. The van der Waals surface area contributed by atoms with Crippen molar-refractivity contribution in [2.45, 2.75) is 13.0 Å². The van der Waals surface area contributed by atoms with Crippen molar-refractivity contribution in [3.05, 3.63) is 107 Å². The lowest BCUT2D eigenvalue weighted by Gasteiger charge is -2.16. The van der Waals surface area contributed by atoms with Crippen LogP contribution in [0.25, 0.3) is 11.5 Å². The maximum Gasteiger partial charge on any atom is 0.252 e. The van der Waals surface area contributed by atoms with Crippen LogP contribution in [0, 0.1) is 12.7 Å². The summed E-state index contributed by atoms with van der Waals surface area (Å²) >= 11 is 0. The Morgan fingerprint density at radius 2 is 1.72 bits per heavy atom. The van der Waals surface area contributed by atoms with Gasteiger partial charge in [0.2, 0.25) is 11.8 Å². The Balaban J connectivity index is 1.71. The van der Waals surface area contributed by atoms with Gasteiger partial charge in [-0.1, -0.05) is 54.1 Å². The van der Waals surface area contributed by atoms with E-state index in [1.165, 1.54) is 6.07 Å². The van der Waals surface area contributed by atoms with Crippen molar-refractivity contribution in [1.29, 1.82) is 0 Å². The number of aryl methyl sites for hydroxylation is 1. The van der Waals surface area contributed by atoms with Gasteiger partial charge in [-0.05, 0) is 37.3 Å². The minimum atomic E-state index is -0.922. The number of nitrogens with zero attached hydrogens (tertiary/aromatic N) is 2. The molecule has 4 rings (SSSR count). The molecule has 1 atom stereocenters. The van der Waals surface area contributed by atoms with E-state index in [1.54, 1.807) is 36.4 Å². The van der Waals surface area contributed by atoms with Crippen LogP contribution in [0.1, 0.15) is 33.4 Å². The third-order valence-electron chi connectivity index (χ3n) is 4.48. The minimum absolute atomic E-state index is 0.106. The number of hydrogen-bond donors (Lipinski definition) is 1. The second-order valence-corrected chi connectivity index (χ2v) is 6.61. The highest BCUT2D eigenvalue weighted by Crippen LogP contribution is 2.27. The molecule has 0 radical (unpaired) electrons. The van der Waals surface area contributed by atoms with E-state index in [1.807, 2.05) is 43.3 Å². The van der Waals surface area contributed by atoms with E-state index < -0.39 is 11.9 Å². The molecule has 29 heavy (non-hydrogen) atoms. The zero-order chi connectivity index (χ0) is 20.2. The van der Waals surface area contributed by atoms with Gasteiger partial charge in [0.05, 0.1) is 0 Å². The zero-order valence-corrected chi connectivity index (χ0v) is 15.7. The summed E-state index contributed by atoms with van der Waals surface area (Å²) in [6.07, 6.45) is 0. The predicted molar refractivity (Wildman–Crippen MR) is 107 cm³/mol. The van der Waals surface area contributed by atoms with E-state index in [2.05, 4.69) is 15.5 Å². The van der Waals surface area contributed by atoms with Crippen LogP contribution in [0.2, 0.25) is 0 Å². The Morgan fingerprint density at radius 1 is 0.966 bits per heavy atom. The number of benzene rings is 3. The first-order valence-electron chi connectivity index (χ1n) is 9.12. The largest absolute Gasteiger partial charge is 0.418 e. The Morgan fingerprint density at radius 3 is 2.48 bits per heavy atom. The van der Waals surface area contributed by atoms with E-state index in [0.29, 0.717) is 11.5 Å². The molecule has 1 heterocycles. The molecule has 0 aliphatic heterocycles. The van der Waals surface area contributed by atoms with Crippen molar-refractivity contribution in [3.8, 4) is 11.5 Å². The van der Waals surface area contributed by atoms with Crippen LogP contribution in [0.3, 0.4) is 0 Å². The minimum Gasteiger partial charge on any atom is -0.418 e. The number of carbonyl (C=O) groups is 1. The summed E-state index contributed by atoms with van der Waals surface area (Å²) < 4.78 is 20.3. The molecule has 0 aliphatic rings. The molecule has 144 valence electrons. The zero-order valence-electron chi connectivity index (χ0n) is 15.7. The second-order valence-electron chi connectivity index (χ2n) is 6.61. The van der Waals surface area contributed by atoms with Gasteiger partial charge in [0.15, 0.2) is 0 Å². The number of nitrogens with one attached hydrogen (secondary N) is 1. The number of rotatable bonds is 5. The van der Waals surface area contributed by atoms with Crippen LogP contribution >= 0.6 is 0 Å². The van der Waals surface area contributed by atoms with E-state index in [0.717, 1.165) is 11.1 Å². The molecular weight excluding hydrogens is 369 g/mol. The maximum absolute atomic E-state index is 14.5. The third-order valence-corrected chi connectivity index (χ3v) is 4.48. The highest BCUT2D eigenvalue weighted by atomic mass is 19.1. The van der Waals surface area contributed by atoms with Crippen molar-refractivity contribution in [3.63, 3.8) is 0 Å². The quantitative estimate of drug-likeness (QED) is 0.539. The fourth-order valence-corrected chi connectivity index (χ4v) is 3.03. The molecular formula is C23H18FN3O2. The van der Waals surface area contributed by atoms with E-state index in [9.17, 15) is 9.18 Å². The molecule has 0 unspecified atom stereocenters. The third kappa shape index (κ3) is 4.06. The Bertz CT molecular complexity index is 1140. The fourth-order valence-electron chi connectivity index (χ4n) is 3.03. The lowest BCUT2D eigenvalue weighted by atomic mass is 10.0. The van der Waals surface area contributed by atoms with Crippen LogP contribution in [0.4, 0.5) is 4.39 Å². The summed E-state index contributed by atoms with van der Waals surface area (Å²) in [4.78, 5) is 12.8. The topological polar surface area (TPSA) is 68.0 Å². The van der Waals surface area contributed by atoms with Gasteiger partial charge in [-0.2, -0.15) is 0 Å². The van der Waals surface area contributed by atoms with Gasteiger partial charge < -0.3 is 9.73 Å². The van der Waals surface area contributed by atoms with Crippen LogP contribution in [-0.4, -0.2) is 16.1 Å². The van der Waals surface area contributed by atoms with Gasteiger partial charge in [-0.25, -0.2) is 4.39 Å². The second kappa shape index (κ2) is 8.06. The molecule has 0 saturated heterocycles. The number of hydrogen-bond acceptors (Lipinski definition) is 4. The van der Waals surface area contributed by atoms with Crippen molar-refractivity contribution >= 4 is 5.91 Å². The molecule has 1 N–H and O–H groups in total. The van der Waals surface area contributed by atoms with Crippen molar-refractivity contribution in [1.82, 2.24) is 15.5 Å². The lowest BCUT2D eigenvalue weighted by molar-refractivity contribution is 0.0937. The number of amides is 1. The van der Waals surface area contributed by atoms with Crippen LogP contribution in [0.5, 0.6) is 0 Å². The maximum atomic E-state index is 14.5. The van der Waals surface area contributed by atoms with Crippen molar-refractivity contribution in [2.75, 3.05) is 0 Å². The summed E-state index contributed by atoms with van der Waals surface area (Å²) in [5, 5.41) is 11.0. The Labute approximate surface area is 167 Å². The molecule has 0 saturated carbocycles. The molecule has 4 aromatic rings. The van der Waals surface area contributed by atoms with Gasteiger partial charge in [-0.15, -0.1) is 10.2 Å². The molecule has 3 aromatic carbocycles. The van der Waals surface area contributed by atoms with E-state index in [-0.39, 0.29) is 17.4 Å². The number of carbonyl (C=O) groups excluding carboxylic acids is 1. The van der Waals surface area contributed by atoms with Crippen molar-refractivity contribution < 1.29 is 13.6 Å². The average molecular weight is 387 g/mol. The summed E-state index contributed by atoms with van der Waals surface area (Å²) in [7, 11) is 0. The van der Waals surface area contributed by atoms with Gasteiger partial charge in [0.25, 0.3) is 5.91 Å². The average Bonchev–Trinajstić information content (AvgIpc) is 3.23. The van der Waals surface area contributed by atoms with Gasteiger partial charge in [0, 0.05) is 16.7 Å². The number of aromatic nitrogens is 2. The van der Waals surface area contributed by atoms with Gasteiger partial charge in [-0.3, -0.25) is 4.79 Å². The monoisotopic (exact) mass is 387 g/mol. The SMILES string of the molecule is Cc1cccc(C(=O)N[C@H](c2nnc(-c3ccccc3)o2)c2ccccc2F)c1. The first kappa shape index (κ1) is 18.6. The first-order chi connectivity index (χ1) is 14.1. The highest BCUT2D eigenvalue weighted by Gasteiger charge is 2.26. The molecule has 0 spiro atoms. The summed E-state index contributed by atoms with van der Waals surface area (Å²) in [5.74, 6) is -0.426. The lowest BCUT2D eigenvalue weighted by Crippen LogP contribution is -2.30. The molecule has 0 fully saturated rings. The molecule has 5 nitrogen and oxygen atoms in total. The summed E-state index contributed by atoms with van der Waals surface area (Å²) in [5.41, 5.74) is 2.40. The normalized spacial score (nSPS) is 11.8.